The minimum Gasteiger partial charge on any atom is -0.479 e. The van der Waals surface area contributed by atoms with E-state index in [0.29, 0.717) is 17.2 Å². The number of amides is 3. The molecule has 0 radical (unpaired) electrons. The van der Waals surface area contributed by atoms with Crippen LogP contribution < -0.4 is 15.5 Å². The van der Waals surface area contributed by atoms with Gasteiger partial charge in [-0.3, -0.25) is 9.69 Å². The smallest absolute Gasteiger partial charge is 0.334 e. The molecule has 2 aliphatic rings. The molecular weight excluding hydrogens is 532 g/mol. The van der Waals surface area contributed by atoms with Crippen LogP contribution in [0.3, 0.4) is 0 Å². The third kappa shape index (κ3) is 7.79. The van der Waals surface area contributed by atoms with Crippen LogP contribution in [0.1, 0.15) is 72.9 Å². The molecule has 1 saturated carbocycles. The summed E-state index contributed by atoms with van der Waals surface area (Å²) in [6.07, 6.45) is 6.48. The number of urea groups is 1. The van der Waals surface area contributed by atoms with Gasteiger partial charge in [-0.15, -0.1) is 0 Å². The lowest BCUT2D eigenvalue weighted by atomic mass is 9.84. The quantitative estimate of drug-likeness (QED) is 0.319. The van der Waals surface area contributed by atoms with Crippen molar-refractivity contribution >= 4 is 23.6 Å². The van der Waals surface area contributed by atoms with Crippen molar-refractivity contribution in [2.24, 2.45) is 0 Å². The molecule has 0 heterocycles. The molecule has 4 N–H and O–H groups in total. The predicted octanol–water partition coefficient (Wildman–Crippen LogP) is 5.50. The van der Waals surface area contributed by atoms with Crippen molar-refractivity contribution in [3.63, 3.8) is 0 Å². The van der Waals surface area contributed by atoms with Gasteiger partial charge in [0, 0.05) is 11.3 Å². The van der Waals surface area contributed by atoms with Crippen LogP contribution in [0.2, 0.25) is 0 Å². The largest absolute Gasteiger partial charge is 0.479 e. The van der Waals surface area contributed by atoms with Crippen LogP contribution in [0.25, 0.3) is 0 Å². The Morgan fingerprint density at radius 1 is 1.00 bits per heavy atom. The van der Waals surface area contributed by atoms with Crippen LogP contribution in [-0.4, -0.2) is 46.3 Å². The van der Waals surface area contributed by atoms with E-state index in [4.69, 9.17) is 5.11 Å². The van der Waals surface area contributed by atoms with Gasteiger partial charge >= 0.3 is 12.0 Å². The summed E-state index contributed by atoms with van der Waals surface area (Å²) in [5.74, 6) is -3.47. The van der Waals surface area contributed by atoms with Crippen molar-refractivity contribution in [3.05, 3.63) is 89.0 Å². The van der Waals surface area contributed by atoms with Gasteiger partial charge in [0.05, 0.1) is 18.6 Å². The first kappa shape index (κ1) is 29.9. The number of aliphatic hydroxyl groups excluding tert-OH is 1. The van der Waals surface area contributed by atoms with Crippen LogP contribution in [0.4, 0.5) is 19.3 Å². The van der Waals surface area contributed by atoms with E-state index in [2.05, 4.69) is 10.6 Å². The second-order valence-corrected chi connectivity index (χ2v) is 10.9. The van der Waals surface area contributed by atoms with Gasteiger partial charge in [0.25, 0.3) is 5.91 Å². The predicted molar refractivity (Wildman–Crippen MR) is 151 cm³/mol. The summed E-state index contributed by atoms with van der Waals surface area (Å²) in [4.78, 5) is 38.2. The third-order valence-corrected chi connectivity index (χ3v) is 7.60. The Kier molecular flexibility index (Phi) is 9.54. The summed E-state index contributed by atoms with van der Waals surface area (Å²) in [6.45, 7) is 1.31. The Labute approximate surface area is 237 Å². The SMILES string of the molecule is CC1(NC(=O)N(Cc2ccc(C(=O)NC[C@@H](O)C(=O)O)cc2)c2ccc(C3CCCCC3)cc2)C=C(F)C(F)=CC1. The van der Waals surface area contributed by atoms with Crippen LogP contribution in [-0.2, 0) is 11.3 Å². The van der Waals surface area contributed by atoms with Gasteiger partial charge in [-0.1, -0.05) is 43.5 Å². The zero-order valence-corrected chi connectivity index (χ0v) is 22.9. The standard InChI is InChI=1S/C31H35F2N3O5/c1-31(16-15-25(32)26(33)17-31)35-30(41)36(24-13-11-22(12-14-24)21-5-3-2-4-6-21)19-20-7-9-23(10-8-20)28(38)34-18-27(37)29(39)40/h7-15,17,21,27,37H,2-6,16,18-19H2,1H3,(H,34,38)(H,35,41)(H,39,40)/t27-,31?/m1/s1. The average molecular weight is 568 g/mol. The minimum absolute atomic E-state index is 0.0901. The number of aliphatic hydroxyl groups is 1. The number of allylic oxidation sites excluding steroid dienone is 2. The van der Waals surface area contributed by atoms with Gasteiger partial charge in [0.15, 0.2) is 17.8 Å². The summed E-state index contributed by atoms with van der Waals surface area (Å²) in [5, 5.41) is 23.3. The van der Waals surface area contributed by atoms with Gasteiger partial charge in [-0.2, -0.15) is 0 Å². The molecule has 0 aromatic heterocycles. The molecule has 218 valence electrons. The van der Waals surface area contributed by atoms with E-state index >= 15 is 0 Å². The molecule has 2 aromatic carbocycles. The number of rotatable bonds is 9. The first-order valence-corrected chi connectivity index (χ1v) is 13.8. The molecule has 3 amide bonds. The van der Waals surface area contributed by atoms with Crippen molar-refractivity contribution in [2.45, 2.75) is 69.6 Å². The number of hydrogen-bond donors (Lipinski definition) is 4. The highest BCUT2D eigenvalue weighted by Gasteiger charge is 2.31. The van der Waals surface area contributed by atoms with E-state index in [0.717, 1.165) is 25.0 Å². The Morgan fingerprint density at radius 2 is 1.66 bits per heavy atom. The number of aliphatic carboxylic acids is 1. The Hall–Kier alpha value is -4.05. The maximum absolute atomic E-state index is 14.0. The number of carbonyl (C=O) groups is 3. The third-order valence-electron chi connectivity index (χ3n) is 7.60. The second kappa shape index (κ2) is 13.1. The average Bonchev–Trinajstić information content (AvgIpc) is 2.97. The maximum atomic E-state index is 14.0. The Bertz CT molecular complexity index is 1320. The minimum atomic E-state index is -1.71. The number of nitrogens with one attached hydrogen (secondary N) is 2. The number of carbonyl (C=O) groups excluding carboxylic acids is 2. The van der Waals surface area contributed by atoms with E-state index in [1.165, 1.54) is 41.9 Å². The van der Waals surface area contributed by atoms with Gasteiger partial charge < -0.3 is 20.8 Å². The van der Waals surface area contributed by atoms with Crippen molar-refractivity contribution in [1.29, 1.82) is 0 Å². The first-order chi connectivity index (χ1) is 19.5. The molecule has 2 atom stereocenters. The molecule has 0 saturated heterocycles. The first-order valence-electron chi connectivity index (χ1n) is 13.8. The fourth-order valence-corrected chi connectivity index (χ4v) is 5.17. The van der Waals surface area contributed by atoms with Crippen molar-refractivity contribution in [1.82, 2.24) is 10.6 Å². The molecular formula is C31H35F2N3O5. The number of benzene rings is 2. The monoisotopic (exact) mass is 567 g/mol. The van der Waals surface area contributed by atoms with Gasteiger partial charge in [-0.05, 0) is 79.6 Å². The van der Waals surface area contributed by atoms with Crippen LogP contribution in [0.5, 0.6) is 0 Å². The summed E-state index contributed by atoms with van der Waals surface area (Å²) in [6, 6.07) is 13.7. The Morgan fingerprint density at radius 3 is 2.27 bits per heavy atom. The number of halogens is 2. The van der Waals surface area contributed by atoms with Crippen LogP contribution >= 0.6 is 0 Å². The fourth-order valence-electron chi connectivity index (χ4n) is 5.17. The van der Waals surface area contributed by atoms with Gasteiger partial charge in [-0.25, -0.2) is 18.4 Å². The molecule has 10 heteroatoms. The number of carboxylic acids is 1. The molecule has 4 rings (SSSR count). The highest BCUT2D eigenvalue weighted by atomic mass is 19.2. The van der Waals surface area contributed by atoms with E-state index < -0.39 is 47.7 Å². The molecule has 0 spiro atoms. The van der Waals surface area contributed by atoms with Crippen LogP contribution in [0, 0.1) is 0 Å². The molecule has 2 aliphatic carbocycles. The lowest BCUT2D eigenvalue weighted by molar-refractivity contribution is -0.146. The summed E-state index contributed by atoms with van der Waals surface area (Å²) in [7, 11) is 0. The van der Waals surface area contributed by atoms with E-state index in [1.807, 2.05) is 24.3 Å². The normalized spacial score (nSPS) is 19.9. The second-order valence-electron chi connectivity index (χ2n) is 10.9. The lowest BCUT2D eigenvalue weighted by Crippen LogP contribution is -2.51. The molecule has 1 fully saturated rings. The molecule has 0 bridgehead atoms. The number of hydrogen-bond acceptors (Lipinski definition) is 4. The molecule has 0 aliphatic heterocycles. The number of nitrogens with zero attached hydrogens (tertiary/aromatic N) is 1. The lowest BCUT2D eigenvalue weighted by Gasteiger charge is -2.33. The van der Waals surface area contributed by atoms with E-state index in [1.54, 1.807) is 19.1 Å². The molecule has 41 heavy (non-hydrogen) atoms. The zero-order valence-electron chi connectivity index (χ0n) is 22.9. The summed E-state index contributed by atoms with van der Waals surface area (Å²) < 4.78 is 27.6. The number of carboxylic acid groups (broad SMARTS) is 1. The van der Waals surface area contributed by atoms with E-state index in [9.17, 15) is 28.3 Å². The summed E-state index contributed by atoms with van der Waals surface area (Å²) >= 11 is 0. The van der Waals surface area contributed by atoms with E-state index in [-0.39, 0.29) is 18.5 Å². The fraction of sp³-hybridized carbons (Fsp3) is 0.387. The zero-order chi connectivity index (χ0) is 29.6. The maximum Gasteiger partial charge on any atom is 0.334 e. The van der Waals surface area contributed by atoms with Crippen molar-refractivity contribution in [2.75, 3.05) is 11.4 Å². The molecule has 8 nitrogen and oxygen atoms in total. The Balaban J connectivity index is 1.52. The highest BCUT2D eigenvalue weighted by Crippen LogP contribution is 2.34. The van der Waals surface area contributed by atoms with Gasteiger partial charge in [0.1, 0.15) is 0 Å². The molecule has 1 unspecified atom stereocenters. The summed E-state index contributed by atoms with van der Waals surface area (Å²) in [5.41, 5.74) is 1.67. The molecule has 2 aromatic rings. The van der Waals surface area contributed by atoms with Crippen molar-refractivity contribution < 1.29 is 33.4 Å². The van der Waals surface area contributed by atoms with Crippen LogP contribution in [0.15, 0.2) is 72.3 Å². The van der Waals surface area contributed by atoms with Gasteiger partial charge in [0.2, 0.25) is 0 Å². The highest BCUT2D eigenvalue weighted by molar-refractivity contribution is 5.95. The topological polar surface area (TPSA) is 119 Å². The number of anilines is 1. The van der Waals surface area contributed by atoms with Crippen molar-refractivity contribution in [3.8, 4) is 0 Å².